The third-order valence-corrected chi connectivity index (χ3v) is 6.04. The summed E-state index contributed by atoms with van der Waals surface area (Å²) in [6.07, 6.45) is 1.50. The number of hydrogen-bond donors (Lipinski definition) is 2. The number of aromatic amines is 1. The van der Waals surface area contributed by atoms with Crippen molar-refractivity contribution >= 4 is 56.0 Å². The van der Waals surface area contributed by atoms with E-state index in [0.29, 0.717) is 28.7 Å². The van der Waals surface area contributed by atoms with Gasteiger partial charge in [0, 0.05) is 10.7 Å². The molecule has 0 aliphatic rings. The van der Waals surface area contributed by atoms with Gasteiger partial charge in [-0.15, -0.1) is 11.3 Å². The highest BCUT2D eigenvalue weighted by molar-refractivity contribution is 7.18. The minimum atomic E-state index is -0.361. The first-order valence-electron chi connectivity index (χ1n) is 9.31. The molecule has 30 heavy (non-hydrogen) atoms. The molecule has 3 heterocycles. The van der Waals surface area contributed by atoms with Crippen LogP contribution in [-0.2, 0) is 6.54 Å². The van der Waals surface area contributed by atoms with Crippen LogP contribution in [0.15, 0.2) is 47.5 Å². The highest BCUT2D eigenvalue weighted by Crippen LogP contribution is 2.30. The van der Waals surface area contributed by atoms with Crippen molar-refractivity contribution in [2.75, 3.05) is 5.32 Å². The van der Waals surface area contributed by atoms with Gasteiger partial charge in [-0.25, -0.2) is 9.97 Å². The van der Waals surface area contributed by atoms with Crippen molar-refractivity contribution in [2.24, 2.45) is 0 Å². The maximum absolute atomic E-state index is 12.5. The molecule has 0 unspecified atom stereocenters. The summed E-state index contributed by atoms with van der Waals surface area (Å²) in [5, 5.41) is 5.00. The summed E-state index contributed by atoms with van der Waals surface area (Å²) in [6, 6.07) is 11.7. The summed E-state index contributed by atoms with van der Waals surface area (Å²) >= 11 is 7.79. The standard InChI is InChI=1S/C21H17ClN6OS/c1-11-6-16-17(30-12(2)25-16)8-15(11)26-21-27-20(29)18-19(24-10-23-18)28(21)9-13-4-3-5-14(22)7-13/h3-8,10H,9H2,1-2H3,(H,23,24)(H,26,27,29). The molecule has 7 nitrogen and oxygen atoms in total. The van der Waals surface area contributed by atoms with Gasteiger partial charge in [0.2, 0.25) is 5.95 Å². The fraction of sp³-hybridized carbons (Fsp3) is 0.143. The van der Waals surface area contributed by atoms with Crippen molar-refractivity contribution in [2.45, 2.75) is 20.4 Å². The molecule has 2 N–H and O–H groups in total. The Morgan fingerprint density at radius 1 is 1.20 bits per heavy atom. The Hall–Kier alpha value is -3.23. The van der Waals surface area contributed by atoms with Crippen molar-refractivity contribution in [3.05, 3.63) is 74.2 Å². The number of halogens is 1. The van der Waals surface area contributed by atoms with Gasteiger partial charge in [-0.1, -0.05) is 23.7 Å². The average Bonchev–Trinajstić information content (AvgIpc) is 3.31. The zero-order valence-corrected chi connectivity index (χ0v) is 17.8. The summed E-state index contributed by atoms with van der Waals surface area (Å²) in [6.45, 7) is 4.45. The van der Waals surface area contributed by atoms with Gasteiger partial charge in [-0.2, -0.15) is 4.98 Å². The second-order valence-electron chi connectivity index (χ2n) is 7.05. The number of nitrogens with one attached hydrogen (secondary N) is 2. The van der Waals surface area contributed by atoms with Crippen molar-refractivity contribution in [3.63, 3.8) is 0 Å². The SMILES string of the molecule is Cc1nc2cc(C)c(Nc3nc(=O)c4[nH]cnc4n3Cc3cccc(Cl)c3)cc2s1. The molecule has 0 saturated heterocycles. The molecule has 3 aromatic heterocycles. The van der Waals surface area contributed by atoms with E-state index in [-0.39, 0.29) is 5.56 Å². The monoisotopic (exact) mass is 436 g/mol. The van der Waals surface area contributed by atoms with Crippen LogP contribution >= 0.6 is 22.9 Å². The molecular formula is C21H17ClN6OS. The number of hydrogen-bond acceptors (Lipinski definition) is 6. The van der Waals surface area contributed by atoms with E-state index in [1.807, 2.05) is 54.8 Å². The number of aromatic nitrogens is 5. The molecule has 150 valence electrons. The third kappa shape index (κ3) is 3.34. The van der Waals surface area contributed by atoms with Gasteiger partial charge < -0.3 is 10.3 Å². The molecule has 0 aliphatic heterocycles. The first-order chi connectivity index (χ1) is 14.5. The van der Waals surface area contributed by atoms with E-state index in [0.717, 1.165) is 32.0 Å². The Labute approximate surface area is 180 Å². The molecule has 0 atom stereocenters. The Bertz CT molecular complexity index is 1470. The maximum Gasteiger partial charge on any atom is 0.300 e. The van der Waals surface area contributed by atoms with Crippen LogP contribution in [0.4, 0.5) is 11.6 Å². The van der Waals surface area contributed by atoms with E-state index < -0.39 is 0 Å². The van der Waals surface area contributed by atoms with Gasteiger partial charge in [-0.3, -0.25) is 9.36 Å². The fourth-order valence-corrected chi connectivity index (χ4v) is 4.53. The number of anilines is 2. The number of aryl methyl sites for hydroxylation is 2. The molecule has 0 amide bonds. The Balaban J connectivity index is 1.65. The quantitative estimate of drug-likeness (QED) is 0.422. The number of nitrogens with zero attached hydrogens (tertiary/aromatic N) is 4. The molecular weight excluding hydrogens is 420 g/mol. The molecule has 5 rings (SSSR count). The van der Waals surface area contributed by atoms with Crippen LogP contribution in [0.2, 0.25) is 5.02 Å². The average molecular weight is 437 g/mol. The topological polar surface area (TPSA) is 88.5 Å². The lowest BCUT2D eigenvalue weighted by molar-refractivity contribution is 0.801. The smallest absolute Gasteiger partial charge is 0.300 e. The second kappa shape index (κ2) is 7.23. The number of H-pyrrole nitrogens is 1. The molecule has 0 spiro atoms. The summed E-state index contributed by atoms with van der Waals surface area (Å²) < 4.78 is 2.95. The number of thiazole rings is 1. The molecule has 0 bridgehead atoms. The lowest BCUT2D eigenvalue weighted by atomic mass is 10.2. The minimum Gasteiger partial charge on any atom is -0.339 e. The van der Waals surface area contributed by atoms with E-state index in [1.54, 1.807) is 11.3 Å². The van der Waals surface area contributed by atoms with E-state index in [1.165, 1.54) is 6.33 Å². The highest BCUT2D eigenvalue weighted by atomic mass is 35.5. The number of fused-ring (bicyclic) bond motifs is 2. The van der Waals surface area contributed by atoms with Crippen molar-refractivity contribution in [1.82, 2.24) is 24.5 Å². The van der Waals surface area contributed by atoms with Gasteiger partial charge in [0.15, 0.2) is 11.2 Å². The zero-order chi connectivity index (χ0) is 20.8. The first kappa shape index (κ1) is 18.8. The van der Waals surface area contributed by atoms with E-state index >= 15 is 0 Å². The second-order valence-corrected chi connectivity index (χ2v) is 8.72. The van der Waals surface area contributed by atoms with Gasteiger partial charge in [0.25, 0.3) is 0 Å². The molecule has 0 fully saturated rings. The first-order valence-corrected chi connectivity index (χ1v) is 10.5. The minimum absolute atomic E-state index is 0.361. The lowest BCUT2D eigenvalue weighted by Gasteiger charge is -2.16. The third-order valence-electron chi connectivity index (χ3n) is 4.87. The van der Waals surface area contributed by atoms with Crippen LogP contribution in [0.5, 0.6) is 0 Å². The van der Waals surface area contributed by atoms with Gasteiger partial charge in [0.05, 0.1) is 28.1 Å². The molecule has 0 radical (unpaired) electrons. The van der Waals surface area contributed by atoms with Gasteiger partial charge in [0.1, 0.15) is 0 Å². The Kier molecular flexibility index (Phi) is 4.52. The van der Waals surface area contributed by atoms with Crippen molar-refractivity contribution < 1.29 is 0 Å². The van der Waals surface area contributed by atoms with Crippen molar-refractivity contribution in [3.8, 4) is 0 Å². The summed E-state index contributed by atoms with van der Waals surface area (Å²) in [5.74, 6) is 0.420. The Morgan fingerprint density at radius 2 is 2.07 bits per heavy atom. The number of rotatable bonds is 4. The Morgan fingerprint density at radius 3 is 2.90 bits per heavy atom. The van der Waals surface area contributed by atoms with Gasteiger partial charge in [-0.05, 0) is 49.2 Å². The maximum atomic E-state index is 12.5. The van der Waals surface area contributed by atoms with Crippen LogP contribution in [0.3, 0.4) is 0 Å². The fourth-order valence-electron chi connectivity index (χ4n) is 3.47. The predicted molar refractivity (Wildman–Crippen MR) is 121 cm³/mol. The summed E-state index contributed by atoms with van der Waals surface area (Å²) in [7, 11) is 0. The molecule has 2 aromatic carbocycles. The van der Waals surface area contributed by atoms with Crippen LogP contribution in [-0.4, -0.2) is 24.5 Å². The van der Waals surface area contributed by atoms with Crippen LogP contribution in [0, 0.1) is 13.8 Å². The lowest BCUT2D eigenvalue weighted by Crippen LogP contribution is -2.18. The number of imidazole rings is 1. The van der Waals surface area contributed by atoms with E-state index in [9.17, 15) is 4.79 Å². The molecule has 0 aliphatic carbocycles. The van der Waals surface area contributed by atoms with Crippen LogP contribution < -0.4 is 10.9 Å². The van der Waals surface area contributed by atoms with E-state index in [4.69, 9.17) is 11.6 Å². The molecule has 5 aromatic rings. The normalized spacial score (nSPS) is 11.4. The van der Waals surface area contributed by atoms with Crippen LogP contribution in [0.1, 0.15) is 16.1 Å². The zero-order valence-electron chi connectivity index (χ0n) is 16.2. The number of benzene rings is 2. The van der Waals surface area contributed by atoms with Gasteiger partial charge >= 0.3 is 5.56 Å². The largest absolute Gasteiger partial charge is 0.339 e. The summed E-state index contributed by atoms with van der Waals surface area (Å²) in [5.41, 5.74) is 4.36. The molecule has 0 saturated carbocycles. The predicted octanol–water partition coefficient (Wildman–Crippen LogP) is 4.79. The van der Waals surface area contributed by atoms with E-state index in [2.05, 4.69) is 25.3 Å². The highest BCUT2D eigenvalue weighted by Gasteiger charge is 2.15. The van der Waals surface area contributed by atoms with Crippen molar-refractivity contribution in [1.29, 1.82) is 0 Å². The molecule has 9 heteroatoms. The van der Waals surface area contributed by atoms with Crippen LogP contribution in [0.25, 0.3) is 21.4 Å². The summed E-state index contributed by atoms with van der Waals surface area (Å²) in [4.78, 5) is 28.6.